The minimum atomic E-state index is 0.871. The lowest BCUT2D eigenvalue weighted by atomic mass is 10.1. The molecule has 3 heterocycles. The summed E-state index contributed by atoms with van der Waals surface area (Å²) < 4.78 is 4.45. The van der Waals surface area contributed by atoms with Crippen LogP contribution in [0.3, 0.4) is 0 Å². The maximum Gasteiger partial charge on any atom is 0.140 e. The normalized spacial score (nSPS) is 11.8. The smallest absolute Gasteiger partial charge is 0.140 e. The summed E-state index contributed by atoms with van der Waals surface area (Å²) >= 11 is 0. The third kappa shape index (κ3) is 2.86. The number of para-hydroxylation sites is 3. The van der Waals surface area contributed by atoms with Crippen molar-refractivity contribution in [3.8, 4) is 11.6 Å². The summed E-state index contributed by atoms with van der Waals surface area (Å²) in [6, 6.07) is 31.7. The van der Waals surface area contributed by atoms with Gasteiger partial charge in [-0.1, -0.05) is 79.4 Å². The average molecular weight is 426 g/mol. The van der Waals surface area contributed by atoms with E-state index in [0.717, 1.165) is 39.4 Å². The predicted octanol–water partition coefficient (Wildman–Crippen LogP) is 7.80. The molecule has 0 unspecified atom stereocenters. The van der Waals surface area contributed by atoms with E-state index in [0.29, 0.717) is 0 Å². The van der Waals surface area contributed by atoms with Gasteiger partial charge in [0, 0.05) is 21.7 Å². The third-order valence-electron chi connectivity index (χ3n) is 6.24. The lowest BCUT2D eigenvalue weighted by Gasteiger charge is -2.12. The zero-order valence-corrected chi connectivity index (χ0v) is 18.4. The number of aromatic nitrogens is 3. The van der Waals surface area contributed by atoms with Gasteiger partial charge in [-0.15, -0.1) is 0 Å². The molecule has 0 N–H and O–H groups in total. The van der Waals surface area contributed by atoms with Crippen LogP contribution in [0.15, 0.2) is 104 Å². The summed E-state index contributed by atoms with van der Waals surface area (Å²) in [5, 5.41) is 3.65. The average Bonchev–Trinajstić information content (AvgIpc) is 3.37. The Morgan fingerprint density at radius 2 is 1.15 bits per heavy atom. The van der Waals surface area contributed by atoms with E-state index >= 15 is 0 Å². The molecule has 6 aromatic rings. The van der Waals surface area contributed by atoms with Gasteiger partial charge in [0.25, 0.3) is 0 Å². The standard InChI is InChI=1S/C30H23N3/c1-3-12-21-22-13-5-8-16-26(22)32(25(21)4-2)29-19-11-20-30(31-29)33-27-17-9-6-14-23(27)24-15-7-10-18-28(24)33/h3-20H,2H2,1H3. The number of hydrogen-bond acceptors (Lipinski definition) is 1. The van der Waals surface area contributed by atoms with Crippen LogP contribution in [-0.4, -0.2) is 14.1 Å². The highest BCUT2D eigenvalue weighted by Crippen LogP contribution is 2.33. The van der Waals surface area contributed by atoms with E-state index in [4.69, 9.17) is 4.98 Å². The molecule has 0 aliphatic rings. The van der Waals surface area contributed by atoms with Crippen molar-refractivity contribution in [2.75, 3.05) is 0 Å². The van der Waals surface area contributed by atoms with Crippen molar-refractivity contribution < 1.29 is 0 Å². The van der Waals surface area contributed by atoms with Crippen molar-refractivity contribution in [3.63, 3.8) is 0 Å². The quantitative estimate of drug-likeness (QED) is 0.282. The van der Waals surface area contributed by atoms with Crippen LogP contribution in [-0.2, 0) is 0 Å². The monoisotopic (exact) mass is 425 g/mol. The number of pyridine rings is 1. The Morgan fingerprint density at radius 1 is 0.636 bits per heavy atom. The van der Waals surface area contributed by atoms with E-state index in [1.54, 1.807) is 0 Å². The number of rotatable bonds is 4. The van der Waals surface area contributed by atoms with Crippen LogP contribution in [0.25, 0.3) is 56.5 Å². The second-order valence-corrected chi connectivity index (χ2v) is 8.08. The van der Waals surface area contributed by atoms with Crippen LogP contribution in [0, 0.1) is 0 Å². The van der Waals surface area contributed by atoms with Crippen molar-refractivity contribution in [2.45, 2.75) is 6.92 Å². The van der Waals surface area contributed by atoms with Crippen LogP contribution in [0.1, 0.15) is 18.2 Å². The van der Waals surface area contributed by atoms with Gasteiger partial charge >= 0.3 is 0 Å². The van der Waals surface area contributed by atoms with Gasteiger partial charge in [0.05, 0.1) is 22.2 Å². The molecular weight excluding hydrogens is 402 g/mol. The molecule has 33 heavy (non-hydrogen) atoms. The molecule has 3 nitrogen and oxygen atoms in total. The second-order valence-electron chi connectivity index (χ2n) is 8.08. The molecule has 0 radical (unpaired) electrons. The lowest BCUT2D eigenvalue weighted by molar-refractivity contribution is 0.986. The molecule has 0 amide bonds. The molecule has 0 bridgehead atoms. The molecule has 0 aliphatic heterocycles. The zero-order chi connectivity index (χ0) is 22.4. The largest absolute Gasteiger partial charge is 0.294 e. The summed E-state index contributed by atoms with van der Waals surface area (Å²) in [6.07, 6.45) is 6.14. The Balaban J connectivity index is 1.66. The first-order chi connectivity index (χ1) is 16.3. The number of nitrogens with zero attached hydrogens (tertiary/aromatic N) is 3. The molecule has 158 valence electrons. The Labute approximate surface area is 192 Å². The number of fused-ring (bicyclic) bond motifs is 4. The SMILES string of the molecule is C=Cc1c(C=CC)c2ccccc2n1-c1cccc(-n2c3ccccc3c3ccccc32)n1. The molecule has 0 aliphatic carbocycles. The first kappa shape index (κ1) is 19.3. The van der Waals surface area contributed by atoms with Gasteiger partial charge < -0.3 is 0 Å². The molecule has 6 rings (SSSR count). The van der Waals surface area contributed by atoms with Crippen molar-refractivity contribution in [1.29, 1.82) is 0 Å². The Bertz CT molecular complexity index is 1640. The minimum absolute atomic E-state index is 0.871. The number of hydrogen-bond donors (Lipinski definition) is 0. The van der Waals surface area contributed by atoms with Gasteiger partial charge in [-0.3, -0.25) is 9.13 Å². The Kier molecular flexibility index (Phi) is 4.48. The van der Waals surface area contributed by atoms with Crippen molar-refractivity contribution >= 4 is 44.9 Å². The van der Waals surface area contributed by atoms with Gasteiger partial charge in [0.15, 0.2) is 0 Å². The molecule has 3 aromatic carbocycles. The van der Waals surface area contributed by atoms with Gasteiger partial charge in [-0.05, 0) is 43.3 Å². The summed E-state index contributed by atoms with van der Waals surface area (Å²) in [5.74, 6) is 1.77. The number of benzene rings is 3. The van der Waals surface area contributed by atoms with Gasteiger partial charge in [-0.25, -0.2) is 4.98 Å². The highest BCUT2D eigenvalue weighted by atomic mass is 15.1. The minimum Gasteiger partial charge on any atom is -0.294 e. The molecule has 0 spiro atoms. The van der Waals surface area contributed by atoms with E-state index in [-0.39, 0.29) is 0 Å². The summed E-state index contributed by atoms with van der Waals surface area (Å²) in [7, 11) is 0. The Morgan fingerprint density at radius 3 is 1.73 bits per heavy atom. The van der Waals surface area contributed by atoms with Crippen LogP contribution in [0.4, 0.5) is 0 Å². The van der Waals surface area contributed by atoms with Gasteiger partial charge in [-0.2, -0.15) is 0 Å². The van der Waals surface area contributed by atoms with Crippen LogP contribution < -0.4 is 0 Å². The van der Waals surface area contributed by atoms with Crippen LogP contribution in [0.5, 0.6) is 0 Å². The molecule has 3 heteroatoms. The fraction of sp³-hybridized carbons (Fsp3) is 0.0333. The summed E-state index contributed by atoms with van der Waals surface area (Å²) in [6.45, 7) is 6.16. The lowest BCUT2D eigenvalue weighted by Crippen LogP contribution is -2.04. The molecule has 0 saturated carbocycles. The fourth-order valence-electron chi connectivity index (χ4n) is 4.91. The first-order valence-corrected chi connectivity index (χ1v) is 11.2. The molecular formula is C30H23N3. The van der Waals surface area contributed by atoms with Crippen molar-refractivity contribution in [1.82, 2.24) is 14.1 Å². The Hall–Kier alpha value is -4.37. The van der Waals surface area contributed by atoms with Gasteiger partial charge in [0.2, 0.25) is 0 Å². The highest BCUT2D eigenvalue weighted by Gasteiger charge is 2.17. The van der Waals surface area contributed by atoms with E-state index in [1.165, 1.54) is 16.2 Å². The van der Waals surface area contributed by atoms with E-state index in [1.807, 2.05) is 13.0 Å². The van der Waals surface area contributed by atoms with E-state index in [2.05, 4.69) is 119 Å². The van der Waals surface area contributed by atoms with Crippen LogP contribution in [0.2, 0.25) is 0 Å². The summed E-state index contributed by atoms with van der Waals surface area (Å²) in [5.41, 5.74) is 5.62. The molecule has 0 saturated heterocycles. The third-order valence-corrected chi connectivity index (χ3v) is 6.24. The maximum absolute atomic E-state index is 5.17. The fourth-order valence-corrected chi connectivity index (χ4v) is 4.91. The highest BCUT2D eigenvalue weighted by molar-refractivity contribution is 6.09. The summed E-state index contributed by atoms with van der Waals surface area (Å²) in [4.78, 5) is 5.17. The maximum atomic E-state index is 5.17. The zero-order valence-electron chi connectivity index (χ0n) is 18.4. The topological polar surface area (TPSA) is 22.8 Å². The second kappa shape index (κ2) is 7.64. The first-order valence-electron chi connectivity index (χ1n) is 11.2. The van der Waals surface area contributed by atoms with Crippen LogP contribution >= 0.6 is 0 Å². The van der Waals surface area contributed by atoms with Gasteiger partial charge in [0.1, 0.15) is 11.6 Å². The van der Waals surface area contributed by atoms with E-state index < -0.39 is 0 Å². The number of allylic oxidation sites excluding steroid dienone is 1. The molecule has 3 aromatic heterocycles. The molecule has 0 fully saturated rings. The molecule has 0 atom stereocenters. The predicted molar refractivity (Wildman–Crippen MR) is 140 cm³/mol. The van der Waals surface area contributed by atoms with Crippen molar-refractivity contribution in [2.24, 2.45) is 0 Å². The van der Waals surface area contributed by atoms with E-state index in [9.17, 15) is 0 Å². The van der Waals surface area contributed by atoms with Crippen molar-refractivity contribution in [3.05, 3.63) is 115 Å².